The maximum absolute atomic E-state index is 11.3. The van der Waals surface area contributed by atoms with Crippen LogP contribution in [0.25, 0.3) is 11.1 Å². The minimum Gasteiger partial charge on any atom is -0.476 e. The Labute approximate surface area is 114 Å². The van der Waals surface area contributed by atoms with E-state index in [9.17, 15) is 9.59 Å². The summed E-state index contributed by atoms with van der Waals surface area (Å²) in [6.45, 7) is 0. The molecule has 0 aliphatic rings. The minimum absolute atomic E-state index is 0.129. The maximum atomic E-state index is 11.3. The number of esters is 1. The van der Waals surface area contributed by atoms with Crippen LogP contribution in [0.15, 0.2) is 36.4 Å². The lowest BCUT2D eigenvalue weighted by Gasteiger charge is -2.07. The average Bonchev–Trinajstić information content (AvgIpc) is 2.46. The van der Waals surface area contributed by atoms with E-state index < -0.39 is 11.9 Å². The van der Waals surface area contributed by atoms with Crippen molar-refractivity contribution in [3.8, 4) is 11.1 Å². The molecule has 0 spiro atoms. The molecule has 1 aromatic carbocycles. The highest BCUT2D eigenvalue weighted by Crippen LogP contribution is 2.24. The third-order valence-corrected chi connectivity index (χ3v) is 2.74. The van der Waals surface area contributed by atoms with Gasteiger partial charge in [0.25, 0.3) is 0 Å². The number of carbonyl (C=O) groups is 2. The Kier molecular flexibility index (Phi) is 3.65. The molecule has 1 aromatic heterocycles. The van der Waals surface area contributed by atoms with Crippen LogP contribution in [0, 0.1) is 0 Å². The fraction of sp³-hybridized carbons (Fsp3) is 0.0714. The van der Waals surface area contributed by atoms with Crippen molar-refractivity contribution in [1.29, 1.82) is 0 Å². The molecule has 20 heavy (non-hydrogen) atoms. The van der Waals surface area contributed by atoms with Crippen LogP contribution in [0.4, 0.5) is 5.82 Å². The average molecular weight is 272 g/mol. The molecule has 0 aliphatic heterocycles. The number of aromatic carboxylic acids is 1. The van der Waals surface area contributed by atoms with Crippen LogP contribution in [0.5, 0.6) is 0 Å². The summed E-state index contributed by atoms with van der Waals surface area (Å²) >= 11 is 0. The first-order valence-electron chi connectivity index (χ1n) is 5.71. The van der Waals surface area contributed by atoms with Gasteiger partial charge < -0.3 is 15.6 Å². The van der Waals surface area contributed by atoms with Crippen molar-refractivity contribution in [2.45, 2.75) is 0 Å². The van der Waals surface area contributed by atoms with E-state index in [-0.39, 0.29) is 11.5 Å². The Morgan fingerprint density at radius 2 is 1.80 bits per heavy atom. The van der Waals surface area contributed by atoms with Gasteiger partial charge in [-0.1, -0.05) is 12.1 Å². The van der Waals surface area contributed by atoms with Crippen molar-refractivity contribution in [3.63, 3.8) is 0 Å². The van der Waals surface area contributed by atoms with Gasteiger partial charge >= 0.3 is 11.9 Å². The zero-order valence-corrected chi connectivity index (χ0v) is 10.7. The number of carboxylic acids is 1. The summed E-state index contributed by atoms with van der Waals surface area (Å²) in [7, 11) is 1.29. The monoisotopic (exact) mass is 272 g/mol. The van der Waals surface area contributed by atoms with Crippen LogP contribution in [-0.2, 0) is 4.74 Å². The van der Waals surface area contributed by atoms with Gasteiger partial charge in [0.1, 0.15) is 5.82 Å². The number of hydrogen-bond acceptors (Lipinski definition) is 5. The zero-order valence-electron chi connectivity index (χ0n) is 10.7. The fourth-order valence-electron chi connectivity index (χ4n) is 1.77. The quantitative estimate of drug-likeness (QED) is 0.826. The van der Waals surface area contributed by atoms with Crippen molar-refractivity contribution in [3.05, 3.63) is 47.7 Å². The van der Waals surface area contributed by atoms with Gasteiger partial charge in [0.15, 0.2) is 5.69 Å². The number of methoxy groups -OCH3 is 1. The number of nitrogens with two attached hydrogens (primary N) is 1. The van der Waals surface area contributed by atoms with E-state index in [0.29, 0.717) is 16.7 Å². The van der Waals surface area contributed by atoms with Crippen molar-refractivity contribution in [2.75, 3.05) is 12.8 Å². The second-order valence-electron chi connectivity index (χ2n) is 4.01. The van der Waals surface area contributed by atoms with Gasteiger partial charge in [0.05, 0.1) is 12.7 Å². The number of carboxylic acid groups (broad SMARTS) is 1. The molecule has 0 amide bonds. The predicted molar refractivity (Wildman–Crippen MR) is 72.4 cm³/mol. The van der Waals surface area contributed by atoms with Crippen LogP contribution >= 0.6 is 0 Å². The highest BCUT2D eigenvalue weighted by molar-refractivity contribution is 5.95. The zero-order chi connectivity index (χ0) is 14.7. The SMILES string of the molecule is COC(=O)c1ccc(-c2ccc(N)nc2C(=O)O)cc1. The molecule has 0 atom stereocenters. The second-order valence-corrected chi connectivity index (χ2v) is 4.01. The van der Waals surface area contributed by atoms with E-state index in [1.54, 1.807) is 30.3 Å². The van der Waals surface area contributed by atoms with Gasteiger partial charge in [0, 0.05) is 5.56 Å². The first kappa shape index (κ1) is 13.5. The molecule has 1 heterocycles. The van der Waals surface area contributed by atoms with Crippen LogP contribution in [-0.4, -0.2) is 29.1 Å². The summed E-state index contributed by atoms with van der Waals surface area (Å²) in [6, 6.07) is 9.49. The third-order valence-electron chi connectivity index (χ3n) is 2.74. The molecule has 2 aromatic rings. The number of pyridine rings is 1. The van der Waals surface area contributed by atoms with Crippen LogP contribution in [0.3, 0.4) is 0 Å². The topological polar surface area (TPSA) is 103 Å². The van der Waals surface area contributed by atoms with E-state index >= 15 is 0 Å². The second kappa shape index (κ2) is 5.40. The van der Waals surface area contributed by atoms with Gasteiger partial charge in [-0.3, -0.25) is 0 Å². The van der Waals surface area contributed by atoms with Crippen molar-refractivity contribution in [1.82, 2.24) is 4.98 Å². The lowest BCUT2D eigenvalue weighted by Crippen LogP contribution is -2.06. The fourth-order valence-corrected chi connectivity index (χ4v) is 1.77. The van der Waals surface area contributed by atoms with E-state index in [0.717, 1.165) is 0 Å². The molecule has 0 saturated carbocycles. The molecule has 0 unspecified atom stereocenters. The Morgan fingerprint density at radius 1 is 1.15 bits per heavy atom. The number of benzene rings is 1. The Balaban J connectivity index is 2.47. The number of rotatable bonds is 3. The summed E-state index contributed by atoms with van der Waals surface area (Å²) in [5, 5.41) is 9.14. The van der Waals surface area contributed by atoms with Gasteiger partial charge in [-0.2, -0.15) is 0 Å². The number of ether oxygens (including phenoxy) is 1. The van der Waals surface area contributed by atoms with Gasteiger partial charge in [0.2, 0.25) is 0 Å². The summed E-state index contributed by atoms with van der Waals surface area (Å²) in [5.41, 5.74) is 6.81. The van der Waals surface area contributed by atoms with Crippen molar-refractivity contribution >= 4 is 17.8 Å². The molecule has 0 bridgehead atoms. The molecule has 6 nitrogen and oxygen atoms in total. The van der Waals surface area contributed by atoms with E-state index in [2.05, 4.69) is 9.72 Å². The maximum Gasteiger partial charge on any atom is 0.355 e. The van der Waals surface area contributed by atoms with E-state index in [1.807, 2.05) is 0 Å². The number of hydrogen-bond donors (Lipinski definition) is 2. The number of nitrogen functional groups attached to an aromatic ring is 1. The molecule has 0 saturated heterocycles. The molecule has 0 fully saturated rings. The Hall–Kier alpha value is -2.89. The highest BCUT2D eigenvalue weighted by atomic mass is 16.5. The van der Waals surface area contributed by atoms with Gasteiger partial charge in [-0.25, -0.2) is 14.6 Å². The summed E-state index contributed by atoms with van der Waals surface area (Å²) < 4.78 is 4.60. The number of nitrogens with zero attached hydrogens (tertiary/aromatic N) is 1. The highest BCUT2D eigenvalue weighted by Gasteiger charge is 2.14. The summed E-state index contributed by atoms with van der Waals surface area (Å²) in [5.74, 6) is -1.48. The van der Waals surface area contributed by atoms with Crippen LogP contribution in [0.1, 0.15) is 20.8 Å². The van der Waals surface area contributed by atoms with Gasteiger partial charge in [-0.05, 0) is 29.8 Å². The predicted octanol–water partition coefficient (Wildman–Crippen LogP) is 1.82. The smallest absolute Gasteiger partial charge is 0.355 e. The summed E-state index contributed by atoms with van der Waals surface area (Å²) in [6.07, 6.45) is 0. The molecule has 6 heteroatoms. The lowest BCUT2D eigenvalue weighted by molar-refractivity contribution is 0.0599. The normalized spacial score (nSPS) is 10.1. The summed E-state index contributed by atoms with van der Waals surface area (Å²) in [4.78, 5) is 26.3. The molecular formula is C14H12N2O4. The van der Waals surface area contributed by atoms with Gasteiger partial charge in [-0.15, -0.1) is 0 Å². The first-order chi connectivity index (χ1) is 9.52. The van der Waals surface area contributed by atoms with Crippen LogP contribution < -0.4 is 5.73 Å². The molecule has 2 rings (SSSR count). The largest absolute Gasteiger partial charge is 0.476 e. The molecule has 0 aliphatic carbocycles. The standard InChI is InChI=1S/C14H12N2O4/c1-20-14(19)9-4-2-8(3-5-9)10-6-7-11(15)16-12(10)13(17)18/h2-7H,1H3,(H2,15,16)(H,17,18). The van der Waals surface area contributed by atoms with E-state index in [1.165, 1.54) is 13.2 Å². The van der Waals surface area contributed by atoms with E-state index in [4.69, 9.17) is 10.8 Å². The number of anilines is 1. The van der Waals surface area contributed by atoms with Crippen LogP contribution in [0.2, 0.25) is 0 Å². The molecule has 0 radical (unpaired) electrons. The molecular weight excluding hydrogens is 260 g/mol. The van der Waals surface area contributed by atoms with Crippen molar-refractivity contribution in [2.24, 2.45) is 0 Å². The molecule has 3 N–H and O–H groups in total. The third kappa shape index (κ3) is 2.59. The minimum atomic E-state index is -1.16. The lowest BCUT2D eigenvalue weighted by atomic mass is 10.0. The van der Waals surface area contributed by atoms with Crippen molar-refractivity contribution < 1.29 is 19.4 Å². The Morgan fingerprint density at radius 3 is 2.35 bits per heavy atom. The number of aromatic nitrogens is 1. The first-order valence-corrected chi connectivity index (χ1v) is 5.71. The Bertz CT molecular complexity index is 665. The number of carbonyl (C=O) groups excluding carboxylic acids is 1. The molecule has 102 valence electrons.